The molecule has 2 rings (SSSR count). The van der Waals surface area contributed by atoms with Crippen molar-refractivity contribution in [2.75, 3.05) is 18.9 Å². The summed E-state index contributed by atoms with van der Waals surface area (Å²) < 4.78 is 0. The molecular formula is C15H15ClN2O. The molecule has 3 N–H and O–H groups in total. The van der Waals surface area contributed by atoms with Gasteiger partial charge in [0, 0.05) is 21.8 Å². The number of hydrogen-bond acceptors (Lipinski definition) is 3. The van der Waals surface area contributed by atoms with E-state index in [1.807, 2.05) is 30.3 Å². The Balaban J connectivity index is 2.52. The van der Waals surface area contributed by atoms with Crippen LogP contribution in [0.4, 0.5) is 5.69 Å². The maximum atomic E-state index is 8.97. The van der Waals surface area contributed by atoms with Crippen LogP contribution in [0.1, 0.15) is 11.1 Å². The van der Waals surface area contributed by atoms with Gasteiger partial charge in [-0.3, -0.25) is 4.99 Å². The summed E-state index contributed by atoms with van der Waals surface area (Å²) in [6, 6.07) is 15.0. The second kappa shape index (κ2) is 6.36. The number of nitrogens with two attached hydrogens (primary N) is 1. The normalized spacial score (nSPS) is 11.6. The highest BCUT2D eigenvalue weighted by molar-refractivity contribution is 6.31. The first-order valence-electron chi connectivity index (χ1n) is 5.98. The molecular weight excluding hydrogens is 260 g/mol. The van der Waals surface area contributed by atoms with Gasteiger partial charge in [-0.2, -0.15) is 0 Å². The van der Waals surface area contributed by atoms with Crippen LogP contribution >= 0.6 is 11.6 Å². The highest BCUT2D eigenvalue weighted by Crippen LogP contribution is 2.22. The summed E-state index contributed by atoms with van der Waals surface area (Å²) in [5.74, 6) is 0. The molecule has 0 spiro atoms. The summed E-state index contributed by atoms with van der Waals surface area (Å²) in [6.07, 6.45) is 0. The average molecular weight is 275 g/mol. The number of nitrogens with zero attached hydrogens (tertiary/aromatic N) is 1. The van der Waals surface area contributed by atoms with Gasteiger partial charge >= 0.3 is 0 Å². The monoisotopic (exact) mass is 274 g/mol. The van der Waals surface area contributed by atoms with E-state index >= 15 is 0 Å². The predicted molar refractivity (Wildman–Crippen MR) is 79.9 cm³/mol. The van der Waals surface area contributed by atoms with E-state index in [1.54, 1.807) is 18.2 Å². The molecule has 0 fully saturated rings. The van der Waals surface area contributed by atoms with E-state index in [0.29, 0.717) is 17.3 Å². The summed E-state index contributed by atoms with van der Waals surface area (Å²) in [5, 5.41) is 9.58. The van der Waals surface area contributed by atoms with E-state index in [2.05, 4.69) is 4.99 Å². The molecule has 2 aromatic carbocycles. The zero-order valence-corrected chi connectivity index (χ0v) is 11.1. The Bertz CT molecular complexity index is 582. The molecule has 0 amide bonds. The third-order valence-electron chi connectivity index (χ3n) is 2.69. The molecule has 0 saturated heterocycles. The third kappa shape index (κ3) is 3.34. The van der Waals surface area contributed by atoms with Gasteiger partial charge in [-0.1, -0.05) is 41.9 Å². The van der Waals surface area contributed by atoms with Crippen molar-refractivity contribution in [3.05, 3.63) is 64.7 Å². The van der Waals surface area contributed by atoms with E-state index in [-0.39, 0.29) is 6.61 Å². The number of anilines is 1. The van der Waals surface area contributed by atoms with Crippen molar-refractivity contribution < 1.29 is 5.11 Å². The lowest BCUT2D eigenvalue weighted by atomic mass is 10.0. The second-order valence-corrected chi connectivity index (χ2v) is 4.49. The molecule has 4 heteroatoms. The quantitative estimate of drug-likeness (QED) is 0.665. The van der Waals surface area contributed by atoms with Gasteiger partial charge in [-0.25, -0.2) is 0 Å². The Hall–Kier alpha value is -1.84. The maximum absolute atomic E-state index is 8.97. The van der Waals surface area contributed by atoms with Crippen LogP contribution < -0.4 is 5.73 Å². The maximum Gasteiger partial charge on any atom is 0.0741 e. The number of aliphatic imine (C=N–C) groups is 1. The van der Waals surface area contributed by atoms with Crippen molar-refractivity contribution in [1.29, 1.82) is 0 Å². The fourth-order valence-corrected chi connectivity index (χ4v) is 2.00. The summed E-state index contributed by atoms with van der Waals surface area (Å²) in [7, 11) is 0. The Kier molecular flexibility index (Phi) is 4.55. The summed E-state index contributed by atoms with van der Waals surface area (Å²) in [6.45, 7) is 0.326. The van der Waals surface area contributed by atoms with Gasteiger partial charge in [-0.15, -0.1) is 0 Å². The van der Waals surface area contributed by atoms with Crippen molar-refractivity contribution >= 4 is 23.0 Å². The fraction of sp³-hybridized carbons (Fsp3) is 0.133. The Morgan fingerprint density at radius 2 is 1.89 bits per heavy atom. The number of aliphatic hydroxyl groups is 1. The van der Waals surface area contributed by atoms with Crippen molar-refractivity contribution in [3.8, 4) is 0 Å². The number of nitrogen functional groups attached to an aromatic ring is 1. The topological polar surface area (TPSA) is 58.6 Å². The van der Waals surface area contributed by atoms with Crippen LogP contribution in [-0.2, 0) is 0 Å². The largest absolute Gasteiger partial charge is 0.398 e. The van der Waals surface area contributed by atoms with E-state index in [4.69, 9.17) is 22.4 Å². The third-order valence-corrected chi connectivity index (χ3v) is 2.92. The average Bonchev–Trinajstić information content (AvgIpc) is 2.44. The van der Waals surface area contributed by atoms with Crippen molar-refractivity contribution in [2.24, 2.45) is 4.99 Å². The molecule has 0 heterocycles. The first-order chi connectivity index (χ1) is 9.22. The first kappa shape index (κ1) is 13.6. The van der Waals surface area contributed by atoms with Crippen LogP contribution in [-0.4, -0.2) is 24.0 Å². The smallest absolute Gasteiger partial charge is 0.0741 e. The fourth-order valence-electron chi connectivity index (χ4n) is 1.82. The number of benzene rings is 2. The van der Waals surface area contributed by atoms with Crippen LogP contribution in [0.25, 0.3) is 0 Å². The molecule has 0 radical (unpaired) electrons. The molecule has 0 aliphatic rings. The van der Waals surface area contributed by atoms with Crippen LogP contribution in [0.3, 0.4) is 0 Å². The van der Waals surface area contributed by atoms with Gasteiger partial charge in [0.1, 0.15) is 0 Å². The molecule has 0 unspecified atom stereocenters. The molecule has 19 heavy (non-hydrogen) atoms. The molecule has 2 aromatic rings. The molecule has 0 aromatic heterocycles. The van der Waals surface area contributed by atoms with Gasteiger partial charge < -0.3 is 10.8 Å². The van der Waals surface area contributed by atoms with Crippen LogP contribution in [0.15, 0.2) is 53.5 Å². The zero-order chi connectivity index (χ0) is 13.7. The van der Waals surface area contributed by atoms with Gasteiger partial charge in [0.25, 0.3) is 0 Å². The molecule has 0 saturated carbocycles. The number of hydrogen-bond donors (Lipinski definition) is 2. The van der Waals surface area contributed by atoms with Crippen molar-refractivity contribution in [3.63, 3.8) is 0 Å². The highest BCUT2D eigenvalue weighted by atomic mass is 35.5. The van der Waals surface area contributed by atoms with E-state index < -0.39 is 0 Å². The van der Waals surface area contributed by atoms with Crippen LogP contribution in [0.5, 0.6) is 0 Å². The van der Waals surface area contributed by atoms with E-state index in [9.17, 15) is 0 Å². The Labute approximate surface area is 117 Å². The minimum Gasteiger partial charge on any atom is -0.398 e. The minimum atomic E-state index is -0.00317. The number of halogens is 1. The molecule has 3 nitrogen and oxygen atoms in total. The summed E-state index contributed by atoms with van der Waals surface area (Å²) in [4.78, 5) is 4.41. The molecule has 0 atom stereocenters. The Morgan fingerprint density at radius 3 is 2.58 bits per heavy atom. The number of rotatable bonds is 4. The Morgan fingerprint density at radius 1 is 1.16 bits per heavy atom. The first-order valence-corrected chi connectivity index (χ1v) is 6.36. The van der Waals surface area contributed by atoms with Crippen LogP contribution in [0, 0.1) is 0 Å². The SMILES string of the molecule is Nc1ccc(Cl)cc1C(=NCCO)c1ccccc1. The lowest BCUT2D eigenvalue weighted by Crippen LogP contribution is -2.08. The van der Waals surface area contributed by atoms with Crippen molar-refractivity contribution in [2.45, 2.75) is 0 Å². The van der Waals surface area contributed by atoms with E-state index in [1.165, 1.54) is 0 Å². The lowest BCUT2D eigenvalue weighted by molar-refractivity contribution is 0.307. The van der Waals surface area contributed by atoms with Gasteiger partial charge in [-0.05, 0) is 18.2 Å². The van der Waals surface area contributed by atoms with Gasteiger partial charge in [0.2, 0.25) is 0 Å². The second-order valence-electron chi connectivity index (χ2n) is 4.05. The predicted octanol–water partition coefficient (Wildman–Crippen LogP) is 2.75. The summed E-state index contributed by atoms with van der Waals surface area (Å²) in [5.41, 5.74) is 9.09. The van der Waals surface area contributed by atoms with Gasteiger partial charge in [0.05, 0.1) is 18.9 Å². The van der Waals surface area contributed by atoms with Gasteiger partial charge in [0.15, 0.2) is 0 Å². The number of aliphatic hydroxyl groups excluding tert-OH is 1. The zero-order valence-electron chi connectivity index (χ0n) is 10.4. The molecule has 0 aliphatic heterocycles. The molecule has 0 aliphatic carbocycles. The lowest BCUT2D eigenvalue weighted by Gasteiger charge is -2.10. The van der Waals surface area contributed by atoms with Crippen molar-refractivity contribution in [1.82, 2.24) is 0 Å². The summed E-state index contributed by atoms with van der Waals surface area (Å²) >= 11 is 6.02. The van der Waals surface area contributed by atoms with E-state index in [0.717, 1.165) is 16.8 Å². The highest BCUT2D eigenvalue weighted by Gasteiger charge is 2.10. The molecule has 0 bridgehead atoms. The molecule has 98 valence electrons. The van der Waals surface area contributed by atoms with Crippen LogP contribution in [0.2, 0.25) is 5.02 Å². The minimum absolute atomic E-state index is 0.00317. The standard InChI is InChI=1S/C15H15ClN2O/c16-12-6-7-14(17)13(10-12)15(18-8-9-19)11-4-2-1-3-5-11/h1-7,10,19H,8-9,17H2.